The van der Waals surface area contributed by atoms with Crippen LogP contribution in [0, 0.1) is 0 Å². The molecule has 0 bridgehead atoms. The van der Waals surface area contributed by atoms with Gasteiger partial charge in [0.25, 0.3) is 5.91 Å². The molecule has 4 rings (SSSR count). The van der Waals surface area contributed by atoms with Crippen molar-refractivity contribution < 1.29 is 14.3 Å². The first kappa shape index (κ1) is 18.4. The average Bonchev–Trinajstić information content (AvgIpc) is 2.99. The Morgan fingerprint density at radius 2 is 2.19 bits per heavy atom. The number of hydrogen-bond acceptors (Lipinski definition) is 5. The third kappa shape index (κ3) is 3.35. The number of fused-ring (bicyclic) bond motifs is 3. The zero-order chi connectivity index (χ0) is 19.1. The standard InChI is InChI=1S/C18H17Cl2N3O3S/c1-2-26-18(25)23-6-5-11-13(8-23)27-17-14(11)16(24)21-15(22-17)10-4-3-9(19)7-12(10)20/h3-4,7,15,22H,2,5-6,8H2,1H3,(H,21,24)/t15-/m0/s1. The van der Waals surface area contributed by atoms with Crippen molar-refractivity contribution in [2.45, 2.75) is 26.1 Å². The Kier molecular flexibility index (Phi) is 4.92. The molecule has 2 aromatic rings. The van der Waals surface area contributed by atoms with Crippen molar-refractivity contribution in [1.29, 1.82) is 0 Å². The average molecular weight is 426 g/mol. The van der Waals surface area contributed by atoms with Crippen LogP contribution in [0.4, 0.5) is 9.80 Å². The summed E-state index contributed by atoms with van der Waals surface area (Å²) >= 11 is 13.8. The molecule has 0 aliphatic carbocycles. The quantitative estimate of drug-likeness (QED) is 0.746. The number of carbonyl (C=O) groups is 2. The van der Waals surface area contributed by atoms with E-state index in [1.165, 1.54) is 11.3 Å². The molecule has 0 radical (unpaired) electrons. The predicted molar refractivity (Wildman–Crippen MR) is 106 cm³/mol. The maximum absolute atomic E-state index is 12.8. The van der Waals surface area contributed by atoms with Gasteiger partial charge < -0.3 is 20.3 Å². The fraction of sp³-hybridized carbons (Fsp3) is 0.333. The number of ether oxygens (including phenoxy) is 1. The van der Waals surface area contributed by atoms with Gasteiger partial charge in [0.15, 0.2) is 0 Å². The molecule has 9 heteroatoms. The van der Waals surface area contributed by atoms with Crippen molar-refractivity contribution in [2.24, 2.45) is 0 Å². The first-order chi connectivity index (χ1) is 13.0. The third-order valence-electron chi connectivity index (χ3n) is 4.63. The normalized spacial score (nSPS) is 18.3. The lowest BCUT2D eigenvalue weighted by Crippen LogP contribution is -2.39. The van der Waals surface area contributed by atoms with E-state index in [4.69, 9.17) is 27.9 Å². The van der Waals surface area contributed by atoms with Crippen LogP contribution in [0.5, 0.6) is 0 Å². The van der Waals surface area contributed by atoms with Crippen LogP contribution in [0.3, 0.4) is 0 Å². The minimum absolute atomic E-state index is 0.137. The van der Waals surface area contributed by atoms with Gasteiger partial charge in [-0.25, -0.2) is 4.79 Å². The van der Waals surface area contributed by atoms with E-state index < -0.39 is 6.17 Å². The van der Waals surface area contributed by atoms with E-state index in [0.29, 0.717) is 41.7 Å². The van der Waals surface area contributed by atoms with Crippen molar-refractivity contribution in [3.05, 3.63) is 49.8 Å². The van der Waals surface area contributed by atoms with Gasteiger partial charge in [-0.3, -0.25) is 4.79 Å². The highest BCUT2D eigenvalue weighted by Crippen LogP contribution is 2.41. The smallest absolute Gasteiger partial charge is 0.410 e. The molecule has 0 saturated carbocycles. The molecule has 6 nitrogen and oxygen atoms in total. The Morgan fingerprint density at radius 3 is 2.93 bits per heavy atom. The summed E-state index contributed by atoms with van der Waals surface area (Å²) in [6.07, 6.45) is -0.129. The van der Waals surface area contributed by atoms with Crippen LogP contribution in [0.25, 0.3) is 0 Å². The summed E-state index contributed by atoms with van der Waals surface area (Å²) in [7, 11) is 0. The zero-order valence-corrected chi connectivity index (χ0v) is 16.8. The van der Waals surface area contributed by atoms with Crippen molar-refractivity contribution in [1.82, 2.24) is 10.2 Å². The first-order valence-electron chi connectivity index (χ1n) is 8.56. The fourth-order valence-electron chi connectivity index (χ4n) is 3.38. The molecule has 27 heavy (non-hydrogen) atoms. The van der Waals surface area contributed by atoms with Gasteiger partial charge in [0.2, 0.25) is 0 Å². The molecule has 2 amide bonds. The Hall–Kier alpha value is -1.96. The highest BCUT2D eigenvalue weighted by molar-refractivity contribution is 7.16. The largest absolute Gasteiger partial charge is 0.450 e. The molecular formula is C18H17Cl2N3O3S. The number of benzene rings is 1. The van der Waals surface area contributed by atoms with Crippen LogP contribution in [-0.2, 0) is 17.7 Å². The third-order valence-corrected chi connectivity index (χ3v) is 6.34. The summed E-state index contributed by atoms with van der Waals surface area (Å²) in [6, 6.07) is 5.19. The maximum Gasteiger partial charge on any atom is 0.410 e. The zero-order valence-electron chi connectivity index (χ0n) is 14.5. The molecule has 0 spiro atoms. The summed E-state index contributed by atoms with van der Waals surface area (Å²) in [4.78, 5) is 27.5. The topological polar surface area (TPSA) is 70.7 Å². The fourth-order valence-corrected chi connectivity index (χ4v) is 5.18. The molecule has 1 atom stereocenters. The van der Waals surface area contributed by atoms with Gasteiger partial charge in [0.05, 0.1) is 18.7 Å². The van der Waals surface area contributed by atoms with Gasteiger partial charge in [0, 0.05) is 27.0 Å². The molecule has 3 heterocycles. The lowest BCUT2D eigenvalue weighted by atomic mass is 10.0. The van der Waals surface area contributed by atoms with E-state index in [1.807, 2.05) is 0 Å². The van der Waals surface area contributed by atoms with Crippen LogP contribution >= 0.6 is 34.5 Å². The predicted octanol–water partition coefficient (Wildman–Crippen LogP) is 4.42. The maximum atomic E-state index is 12.8. The molecule has 1 aromatic carbocycles. The number of rotatable bonds is 2. The van der Waals surface area contributed by atoms with E-state index in [2.05, 4.69) is 10.6 Å². The number of nitrogens with one attached hydrogen (secondary N) is 2. The molecule has 0 saturated heterocycles. The van der Waals surface area contributed by atoms with Crippen molar-refractivity contribution in [3.63, 3.8) is 0 Å². The van der Waals surface area contributed by atoms with Crippen LogP contribution < -0.4 is 10.6 Å². The number of halogens is 2. The number of hydrogen-bond donors (Lipinski definition) is 2. The number of amides is 2. The Balaban J connectivity index is 1.62. The number of anilines is 1. The van der Waals surface area contributed by atoms with Crippen molar-refractivity contribution in [2.75, 3.05) is 18.5 Å². The Bertz CT molecular complexity index is 931. The summed E-state index contributed by atoms with van der Waals surface area (Å²) in [5, 5.41) is 8.14. The lowest BCUT2D eigenvalue weighted by molar-refractivity contribution is 0.0934. The number of thiophene rings is 1. The first-order valence-corrected chi connectivity index (χ1v) is 10.1. The monoisotopic (exact) mass is 425 g/mol. The molecule has 142 valence electrons. The molecule has 2 N–H and O–H groups in total. The number of nitrogens with zero attached hydrogens (tertiary/aromatic N) is 1. The second-order valence-corrected chi connectivity index (χ2v) is 8.24. The highest BCUT2D eigenvalue weighted by atomic mass is 35.5. The Labute approximate surface area is 170 Å². The summed E-state index contributed by atoms with van der Waals surface area (Å²) in [5.74, 6) is -0.137. The van der Waals surface area contributed by atoms with Gasteiger partial charge in [0.1, 0.15) is 11.2 Å². The second kappa shape index (κ2) is 7.22. The molecule has 2 aliphatic heterocycles. The SMILES string of the molecule is CCOC(=O)N1CCc2c(sc3c2C(=O)N[C@H](c2ccc(Cl)cc2Cl)N3)C1. The van der Waals surface area contributed by atoms with Crippen LogP contribution in [-0.4, -0.2) is 30.1 Å². The van der Waals surface area contributed by atoms with Gasteiger partial charge >= 0.3 is 6.09 Å². The summed E-state index contributed by atoms with van der Waals surface area (Å²) in [5.41, 5.74) is 2.42. The van der Waals surface area contributed by atoms with Gasteiger partial charge in [-0.2, -0.15) is 0 Å². The van der Waals surface area contributed by atoms with E-state index in [-0.39, 0.29) is 12.0 Å². The van der Waals surface area contributed by atoms with Crippen molar-refractivity contribution in [3.8, 4) is 0 Å². The Morgan fingerprint density at radius 1 is 1.37 bits per heavy atom. The molecule has 0 fully saturated rings. The molecule has 1 aromatic heterocycles. The van der Waals surface area contributed by atoms with Gasteiger partial charge in [-0.05, 0) is 31.0 Å². The molecule has 2 aliphatic rings. The van der Waals surface area contributed by atoms with E-state index in [0.717, 1.165) is 21.0 Å². The summed E-state index contributed by atoms with van der Waals surface area (Å²) < 4.78 is 5.09. The minimum atomic E-state index is -0.434. The van der Waals surface area contributed by atoms with Gasteiger partial charge in [-0.15, -0.1) is 11.3 Å². The van der Waals surface area contributed by atoms with Crippen LogP contribution in [0.15, 0.2) is 18.2 Å². The number of carbonyl (C=O) groups excluding carboxylic acids is 2. The van der Waals surface area contributed by atoms with Crippen LogP contribution in [0.2, 0.25) is 10.0 Å². The van der Waals surface area contributed by atoms with Crippen molar-refractivity contribution >= 4 is 51.5 Å². The van der Waals surface area contributed by atoms with E-state index in [9.17, 15) is 9.59 Å². The highest BCUT2D eigenvalue weighted by Gasteiger charge is 2.35. The van der Waals surface area contributed by atoms with E-state index >= 15 is 0 Å². The minimum Gasteiger partial charge on any atom is -0.450 e. The van der Waals surface area contributed by atoms with E-state index in [1.54, 1.807) is 30.0 Å². The lowest BCUT2D eigenvalue weighted by Gasteiger charge is -2.28. The summed E-state index contributed by atoms with van der Waals surface area (Å²) in [6.45, 7) is 3.12. The van der Waals surface area contributed by atoms with Crippen LogP contribution in [0.1, 0.15) is 39.5 Å². The molecule has 0 unspecified atom stereocenters. The molecular weight excluding hydrogens is 409 g/mol. The van der Waals surface area contributed by atoms with Gasteiger partial charge in [-0.1, -0.05) is 29.3 Å². The second-order valence-electron chi connectivity index (χ2n) is 6.30.